The number of pyridine rings is 1. The number of aromatic nitrogens is 3. The minimum atomic E-state index is 0.0583. The Balaban J connectivity index is 1.75. The van der Waals surface area contributed by atoms with Crippen molar-refractivity contribution in [2.24, 2.45) is 7.05 Å². The second-order valence-electron chi connectivity index (χ2n) is 7.15. The van der Waals surface area contributed by atoms with Crippen molar-refractivity contribution in [3.05, 3.63) is 53.3 Å². The second-order valence-corrected chi connectivity index (χ2v) is 7.15. The summed E-state index contributed by atoms with van der Waals surface area (Å²) in [5, 5.41) is 8.94. The molecule has 0 bridgehead atoms. The van der Waals surface area contributed by atoms with Crippen molar-refractivity contribution in [2.75, 3.05) is 18.4 Å². The Labute approximate surface area is 159 Å². The van der Waals surface area contributed by atoms with Crippen molar-refractivity contribution in [1.29, 1.82) is 0 Å². The summed E-state index contributed by atoms with van der Waals surface area (Å²) in [4.78, 5) is 19.7. The summed E-state index contributed by atoms with van der Waals surface area (Å²) in [6.45, 7) is 4.25. The van der Waals surface area contributed by atoms with Gasteiger partial charge in [-0.05, 0) is 31.7 Å². The second kappa shape index (κ2) is 7.39. The Bertz CT molecular complexity index is 958. The van der Waals surface area contributed by atoms with Gasteiger partial charge in [-0.2, -0.15) is 5.10 Å². The molecule has 140 valence electrons. The minimum Gasteiger partial charge on any atom is -0.380 e. The lowest BCUT2D eigenvalue weighted by Crippen LogP contribution is -2.36. The lowest BCUT2D eigenvalue weighted by atomic mass is 10.1. The van der Waals surface area contributed by atoms with E-state index in [1.807, 2.05) is 37.1 Å². The van der Waals surface area contributed by atoms with Gasteiger partial charge in [0.1, 0.15) is 0 Å². The number of piperidine rings is 1. The number of carbonyl (C=O) groups is 1. The average Bonchev–Trinajstić information content (AvgIpc) is 3.01. The van der Waals surface area contributed by atoms with Crippen LogP contribution in [0.5, 0.6) is 0 Å². The summed E-state index contributed by atoms with van der Waals surface area (Å²) < 4.78 is 1.77. The average molecular weight is 363 g/mol. The zero-order chi connectivity index (χ0) is 18.8. The fourth-order valence-electron chi connectivity index (χ4n) is 3.81. The standard InChI is InChI=1S/C21H25N5O/c1-15-18-19(22-13-16-9-5-3-6-10-16)17(14-23-20(18)25(2)24-15)21(27)26-11-7-4-8-12-26/h3,5-6,9-10,14H,4,7-8,11-13H2,1-2H3,(H,22,23). The summed E-state index contributed by atoms with van der Waals surface area (Å²) >= 11 is 0. The van der Waals surface area contributed by atoms with Crippen LogP contribution in [0.1, 0.15) is 40.9 Å². The van der Waals surface area contributed by atoms with Gasteiger partial charge < -0.3 is 10.2 Å². The molecule has 3 heterocycles. The molecule has 3 aromatic rings. The highest BCUT2D eigenvalue weighted by atomic mass is 16.2. The number of hydrogen-bond donors (Lipinski definition) is 1. The third-order valence-electron chi connectivity index (χ3n) is 5.21. The number of nitrogens with zero attached hydrogens (tertiary/aromatic N) is 4. The van der Waals surface area contributed by atoms with Crippen LogP contribution in [0.15, 0.2) is 36.5 Å². The summed E-state index contributed by atoms with van der Waals surface area (Å²) in [5.74, 6) is 0.0583. The number of aryl methyl sites for hydroxylation is 2. The highest BCUT2D eigenvalue weighted by molar-refractivity contribution is 6.07. The van der Waals surface area contributed by atoms with Crippen LogP contribution >= 0.6 is 0 Å². The fourth-order valence-corrected chi connectivity index (χ4v) is 3.81. The molecular weight excluding hydrogens is 338 g/mol. The first-order chi connectivity index (χ1) is 13.1. The van der Waals surface area contributed by atoms with Crippen LogP contribution in [0, 0.1) is 6.92 Å². The van der Waals surface area contributed by atoms with Crippen molar-refractivity contribution in [2.45, 2.75) is 32.7 Å². The van der Waals surface area contributed by atoms with Crippen LogP contribution < -0.4 is 5.32 Å². The molecule has 2 aromatic heterocycles. The minimum absolute atomic E-state index is 0.0583. The highest BCUT2D eigenvalue weighted by Crippen LogP contribution is 2.30. The van der Waals surface area contributed by atoms with Crippen molar-refractivity contribution in [1.82, 2.24) is 19.7 Å². The molecule has 0 unspecified atom stereocenters. The molecule has 1 aliphatic heterocycles. The van der Waals surface area contributed by atoms with E-state index in [0.717, 1.165) is 48.3 Å². The molecule has 1 fully saturated rings. The maximum atomic E-state index is 13.2. The van der Waals surface area contributed by atoms with Gasteiger partial charge in [0.2, 0.25) is 0 Å². The molecule has 27 heavy (non-hydrogen) atoms. The topological polar surface area (TPSA) is 63.1 Å². The van der Waals surface area contributed by atoms with Gasteiger partial charge in [-0.25, -0.2) is 4.98 Å². The van der Waals surface area contributed by atoms with Crippen molar-refractivity contribution in [3.8, 4) is 0 Å². The SMILES string of the molecule is Cc1nn(C)c2ncc(C(=O)N3CCCCC3)c(NCc3ccccc3)c12. The van der Waals surface area contributed by atoms with E-state index in [0.29, 0.717) is 12.1 Å². The summed E-state index contributed by atoms with van der Waals surface area (Å²) in [6, 6.07) is 10.2. The number of hydrogen-bond acceptors (Lipinski definition) is 4. The first-order valence-corrected chi connectivity index (χ1v) is 9.54. The highest BCUT2D eigenvalue weighted by Gasteiger charge is 2.24. The Morgan fingerprint density at radius 2 is 1.89 bits per heavy atom. The molecular formula is C21H25N5O. The molecule has 1 amide bonds. The van der Waals surface area contributed by atoms with Crippen LogP contribution in [0.25, 0.3) is 11.0 Å². The van der Waals surface area contributed by atoms with E-state index in [4.69, 9.17) is 0 Å². The predicted octanol–water partition coefficient (Wildman–Crippen LogP) is 3.51. The van der Waals surface area contributed by atoms with E-state index in [1.54, 1.807) is 10.9 Å². The third-order valence-corrected chi connectivity index (χ3v) is 5.21. The number of carbonyl (C=O) groups excluding carboxylic acids is 1. The van der Waals surface area contributed by atoms with Crippen LogP contribution in [0.3, 0.4) is 0 Å². The quantitative estimate of drug-likeness (QED) is 0.770. The number of nitrogens with one attached hydrogen (secondary N) is 1. The van der Waals surface area contributed by atoms with Crippen molar-refractivity contribution < 1.29 is 4.79 Å². The largest absolute Gasteiger partial charge is 0.380 e. The number of fused-ring (bicyclic) bond motifs is 1. The van der Waals surface area contributed by atoms with E-state index in [1.165, 1.54) is 12.0 Å². The molecule has 0 aliphatic carbocycles. The van der Waals surface area contributed by atoms with Crippen molar-refractivity contribution in [3.63, 3.8) is 0 Å². The van der Waals surface area contributed by atoms with Gasteiger partial charge in [-0.15, -0.1) is 0 Å². The van der Waals surface area contributed by atoms with Crippen LogP contribution in [-0.2, 0) is 13.6 Å². The van der Waals surface area contributed by atoms with Crippen molar-refractivity contribution >= 4 is 22.6 Å². The van der Waals surface area contributed by atoms with Gasteiger partial charge in [0, 0.05) is 32.9 Å². The molecule has 1 aromatic carbocycles. The maximum Gasteiger partial charge on any atom is 0.257 e. The molecule has 1 saturated heterocycles. The Kier molecular flexibility index (Phi) is 4.79. The lowest BCUT2D eigenvalue weighted by molar-refractivity contribution is 0.0725. The van der Waals surface area contributed by atoms with Gasteiger partial charge in [-0.3, -0.25) is 9.48 Å². The molecule has 6 heteroatoms. The fraction of sp³-hybridized carbons (Fsp3) is 0.381. The molecule has 0 radical (unpaired) electrons. The van der Waals surface area contributed by atoms with Gasteiger partial charge in [-0.1, -0.05) is 30.3 Å². The number of amides is 1. The number of anilines is 1. The number of likely N-dealkylation sites (tertiary alicyclic amines) is 1. The molecule has 0 spiro atoms. The smallest absolute Gasteiger partial charge is 0.257 e. The lowest BCUT2D eigenvalue weighted by Gasteiger charge is -2.27. The zero-order valence-corrected chi connectivity index (χ0v) is 15.9. The monoisotopic (exact) mass is 363 g/mol. The number of benzene rings is 1. The van der Waals surface area contributed by atoms with E-state index >= 15 is 0 Å². The molecule has 1 N–H and O–H groups in total. The maximum absolute atomic E-state index is 13.2. The Hall–Kier alpha value is -2.89. The summed E-state index contributed by atoms with van der Waals surface area (Å²) in [7, 11) is 1.88. The van der Waals surface area contributed by atoms with E-state index in [2.05, 4.69) is 27.5 Å². The molecule has 1 aliphatic rings. The van der Waals surface area contributed by atoms with Crippen LogP contribution in [0.4, 0.5) is 5.69 Å². The molecule has 0 atom stereocenters. The first kappa shape index (κ1) is 17.5. The third kappa shape index (κ3) is 3.39. The van der Waals surface area contributed by atoms with Gasteiger partial charge >= 0.3 is 0 Å². The van der Waals surface area contributed by atoms with Gasteiger partial charge in [0.25, 0.3) is 5.91 Å². The number of rotatable bonds is 4. The van der Waals surface area contributed by atoms with E-state index < -0.39 is 0 Å². The molecule has 4 rings (SSSR count). The van der Waals surface area contributed by atoms with Crippen LogP contribution in [0.2, 0.25) is 0 Å². The Morgan fingerprint density at radius 3 is 2.63 bits per heavy atom. The predicted molar refractivity (Wildman–Crippen MR) is 107 cm³/mol. The summed E-state index contributed by atoms with van der Waals surface area (Å²) in [6.07, 6.45) is 5.04. The first-order valence-electron chi connectivity index (χ1n) is 9.54. The van der Waals surface area contributed by atoms with Gasteiger partial charge in [0.05, 0.1) is 22.3 Å². The van der Waals surface area contributed by atoms with Gasteiger partial charge in [0.15, 0.2) is 5.65 Å². The molecule has 6 nitrogen and oxygen atoms in total. The molecule has 0 saturated carbocycles. The zero-order valence-electron chi connectivity index (χ0n) is 15.9. The van der Waals surface area contributed by atoms with E-state index in [9.17, 15) is 4.79 Å². The normalized spacial score (nSPS) is 14.5. The van der Waals surface area contributed by atoms with E-state index in [-0.39, 0.29) is 5.91 Å². The Morgan fingerprint density at radius 1 is 1.15 bits per heavy atom. The van der Waals surface area contributed by atoms with Crippen LogP contribution in [-0.4, -0.2) is 38.7 Å². The summed E-state index contributed by atoms with van der Waals surface area (Å²) in [5.41, 5.74) is 4.31.